The van der Waals surface area contributed by atoms with Gasteiger partial charge in [0.2, 0.25) is 0 Å². The number of fused-ring (bicyclic) bond motifs is 2. The number of benzene rings is 1. The summed E-state index contributed by atoms with van der Waals surface area (Å²) in [5.41, 5.74) is 1.20. The van der Waals surface area contributed by atoms with Gasteiger partial charge in [0.05, 0.1) is 33.4 Å². The molecular formula is C22H34N2O3+2. The number of rotatable bonds is 7. The molecule has 4 rings (SSSR count). The van der Waals surface area contributed by atoms with Crippen molar-refractivity contribution < 1.29 is 24.0 Å². The minimum Gasteiger partial charge on any atom is -0.496 e. The summed E-state index contributed by atoms with van der Waals surface area (Å²) in [6.45, 7) is 7.37. The van der Waals surface area contributed by atoms with Gasteiger partial charge in [0.1, 0.15) is 38.5 Å². The van der Waals surface area contributed by atoms with E-state index in [1.165, 1.54) is 51.1 Å². The lowest BCUT2D eigenvalue weighted by molar-refractivity contribution is -1.02. The van der Waals surface area contributed by atoms with Gasteiger partial charge >= 0.3 is 0 Å². The number of hydrogen-bond donors (Lipinski definition) is 2. The fourth-order valence-electron chi connectivity index (χ4n) is 5.34. The quantitative estimate of drug-likeness (QED) is 0.670. The normalized spacial score (nSPS) is 31.9. The first kappa shape index (κ1) is 18.6. The van der Waals surface area contributed by atoms with Crippen molar-refractivity contribution in [3.8, 4) is 17.2 Å². The first-order valence-electron chi connectivity index (χ1n) is 10.3. The van der Waals surface area contributed by atoms with Crippen LogP contribution in [0.3, 0.4) is 0 Å². The zero-order chi connectivity index (χ0) is 18.8. The van der Waals surface area contributed by atoms with E-state index in [1.807, 2.05) is 11.0 Å². The van der Waals surface area contributed by atoms with Gasteiger partial charge in [-0.05, 0) is 30.7 Å². The molecule has 2 aliphatic carbocycles. The molecule has 0 aromatic heterocycles. The number of methoxy groups -OCH3 is 3. The van der Waals surface area contributed by atoms with Crippen molar-refractivity contribution in [2.75, 3.05) is 54.1 Å². The molecule has 1 aromatic carbocycles. The van der Waals surface area contributed by atoms with Crippen LogP contribution in [0.5, 0.6) is 17.2 Å². The molecule has 0 unspecified atom stereocenters. The van der Waals surface area contributed by atoms with Crippen LogP contribution in [-0.4, -0.2) is 54.1 Å². The van der Waals surface area contributed by atoms with Crippen LogP contribution in [0.25, 0.3) is 0 Å². The van der Waals surface area contributed by atoms with E-state index < -0.39 is 0 Å². The minimum atomic E-state index is 0.724. The predicted molar refractivity (Wildman–Crippen MR) is 105 cm³/mol. The number of allylic oxidation sites excluding steroid dienone is 2. The van der Waals surface area contributed by atoms with Crippen LogP contribution >= 0.6 is 0 Å². The number of ether oxygens (including phenoxy) is 3. The summed E-state index contributed by atoms with van der Waals surface area (Å²) in [5.74, 6) is 5.10. The largest absolute Gasteiger partial charge is 0.496 e. The van der Waals surface area contributed by atoms with Gasteiger partial charge in [-0.1, -0.05) is 12.2 Å². The third-order valence-electron chi connectivity index (χ3n) is 6.86. The lowest BCUT2D eigenvalue weighted by Crippen LogP contribution is -3.27. The maximum absolute atomic E-state index is 5.61. The summed E-state index contributed by atoms with van der Waals surface area (Å²) < 4.78 is 16.5. The molecule has 1 saturated carbocycles. The summed E-state index contributed by atoms with van der Waals surface area (Å²) >= 11 is 0. The molecule has 1 saturated heterocycles. The van der Waals surface area contributed by atoms with E-state index in [1.54, 1.807) is 26.2 Å². The molecule has 1 aromatic rings. The smallest absolute Gasteiger partial charge is 0.164 e. The summed E-state index contributed by atoms with van der Waals surface area (Å²) in [6, 6.07) is 4.02. The molecule has 148 valence electrons. The van der Waals surface area contributed by atoms with Crippen LogP contribution in [0.1, 0.15) is 18.4 Å². The highest BCUT2D eigenvalue weighted by Gasteiger charge is 2.38. The van der Waals surface area contributed by atoms with Gasteiger partial charge in [0.25, 0.3) is 0 Å². The van der Waals surface area contributed by atoms with Crippen LogP contribution in [-0.2, 0) is 6.54 Å². The maximum atomic E-state index is 5.61. The molecule has 1 heterocycles. The third kappa shape index (κ3) is 3.94. The molecule has 0 amide bonds. The first-order chi connectivity index (χ1) is 13.2. The van der Waals surface area contributed by atoms with E-state index >= 15 is 0 Å². The lowest BCUT2D eigenvalue weighted by atomic mass is 9.93. The second-order valence-corrected chi connectivity index (χ2v) is 8.44. The van der Waals surface area contributed by atoms with E-state index in [2.05, 4.69) is 18.2 Å². The molecule has 27 heavy (non-hydrogen) atoms. The summed E-state index contributed by atoms with van der Waals surface area (Å²) in [6.07, 6.45) is 7.80. The van der Waals surface area contributed by atoms with Gasteiger partial charge < -0.3 is 24.0 Å². The summed E-state index contributed by atoms with van der Waals surface area (Å²) in [4.78, 5) is 3.45. The number of nitrogens with one attached hydrogen (secondary N) is 2. The van der Waals surface area contributed by atoms with Crippen LogP contribution in [0.2, 0.25) is 0 Å². The van der Waals surface area contributed by atoms with Crippen LogP contribution in [0.15, 0.2) is 24.3 Å². The van der Waals surface area contributed by atoms with Crippen molar-refractivity contribution in [3.05, 3.63) is 29.8 Å². The maximum Gasteiger partial charge on any atom is 0.164 e. The Kier molecular flexibility index (Phi) is 5.60. The van der Waals surface area contributed by atoms with Crippen molar-refractivity contribution in [2.45, 2.75) is 19.4 Å². The fraction of sp³-hybridized carbons (Fsp3) is 0.636. The lowest BCUT2D eigenvalue weighted by Gasteiger charge is -2.32. The average molecular weight is 375 g/mol. The van der Waals surface area contributed by atoms with Gasteiger partial charge in [-0.2, -0.15) is 0 Å². The monoisotopic (exact) mass is 374 g/mol. The highest BCUT2D eigenvalue weighted by molar-refractivity contribution is 5.50. The van der Waals surface area contributed by atoms with Crippen molar-refractivity contribution in [1.29, 1.82) is 0 Å². The van der Waals surface area contributed by atoms with Gasteiger partial charge in [-0.25, -0.2) is 0 Å². The molecule has 5 nitrogen and oxygen atoms in total. The van der Waals surface area contributed by atoms with Gasteiger partial charge in [-0.15, -0.1) is 0 Å². The molecule has 2 bridgehead atoms. The molecule has 2 fully saturated rings. The highest BCUT2D eigenvalue weighted by atomic mass is 16.5. The Morgan fingerprint density at radius 2 is 1.48 bits per heavy atom. The van der Waals surface area contributed by atoms with Crippen LogP contribution in [0, 0.1) is 17.8 Å². The molecule has 3 aliphatic rings. The van der Waals surface area contributed by atoms with Crippen molar-refractivity contribution >= 4 is 0 Å². The third-order valence-corrected chi connectivity index (χ3v) is 6.86. The Morgan fingerprint density at radius 3 is 2.07 bits per heavy atom. The van der Waals surface area contributed by atoms with Crippen molar-refractivity contribution in [3.63, 3.8) is 0 Å². The molecule has 0 radical (unpaired) electrons. The van der Waals surface area contributed by atoms with E-state index in [0.717, 1.165) is 41.5 Å². The predicted octanol–water partition coefficient (Wildman–Crippen LogP) is 0.208. The van der Waals surface area contributed by atoms with Crippen molar-refractivity contribution in [2.24, 2.45) is 17.8 Å². The number of piperazine rings is 1. The Bertz CT molecular complexity index is 682. The summed E-state index contributed by atoms with van der Waals surface area (Å²) in [7, 11) is 5.08. The van der Waals surface area contributed by atoms with Gasteiger partial charge in [0, 0.05) is 12.0 Å². The SMILES string of the molecule is COc1cc(OC)c(OC)cc1C[NH+]1CC[NH+](C[C@H]2C[C@H]3C=C[C@H]2C3)CC1. The van der Waals surface area contributed by atoms with E-state index in [0.29, 0.717) is 0 Å². The standard InChI is InChI=1S/C22H32N2O3/c1-25-20-13-22(27-3)21(26-2)12-19(20)15-24-8-6-23(7-9-24)14-18-11-16-4-5-17(18)10-16/h4-5,12-13,16-18H,6-11,14-15H2,1-3H3/p+2/t16-,17-,18+/m0/s1. The summed E-state index contributed by atoms with van der Waals surface area (Å²) in [5, 5.41) is 0. The second-order valence-electron chi connectivity index (χ2n) is 8.44. The molecule has 1 aliphatic heterocycles. The fourth-order valence-corrected chi connectivity index (χ4v) is 5.34. The Hall–Kier alpha value is -1.72. The zero-order valence-electron chi connectivity index (χ0n) is 16.9. The molecule has 2 N–H and O–H groups in total. The van der Waals surface area contributed by atoms with Gasteiger partial charge in [0.15, 0.2) is 11.5 Å². The molecular weight excluding hydrogens is 340 g/mol. The molecule has 3 atom stereocenters. The minimum absolute atomic E-state index is 0.724. The van der Waals surface area contributed by atoms with Crippen LogP contribution < -0.4 is 24.0 Å². The first-order valence-corrected chi connectivity index (χ1v) is 10.3. The average Bonchev–Trinajstić information content (AvgIpc) is 3.32. The topological polar surface area (TPSA) is 36.6 Å². The Morgan fingerprint density at radius 1 is 0.815 bits per heavy atom. The van der Waals surface area contributed by atoms with E-state index in [9.17, 15) is 0 Å². The highest BCUT2D eigenvalue weighted by Crippen LogP contribution is 2.42. The number of hydrogen-bond acceptors (Lipinski definition) is 3. The zero-order valence-corrected chi connectivity index (χ0v) is 16.9. The Labute approximate surface area is 162 Å². The van der Waals surface area contributed by atoms with Crippen molar-refractivity contribution in [1.82, 2.24) is 0 Å². The second kappa shape index (κ2) is 8.11. The Balaban J connectivity index is 1.33. The van der Waals surface area contributed by atoms with E-state index in [4.69, 9.17) is 14.2 Å². The van der Waals surface area contributed by atoms with Crippen LogP contribution in [0.4, 0.5) is 0 Å². The van der Waals surface area contributed by atoms with E-state index in [-0.39, 0.29) is 0 Å². The number of quaternary nitrogens is 2. The van der Waals surface area contributed by atoms with Gasteiger partial charge in [-0.3, -0.25) is 0 Å². The molecule has 0 spiro atoms. The molecule has 5 heteroatoms.